The van der Waals surface area contributed by atoms with Crippen LogP contribution in [0.4, 0.5) is 10.3 Å². The highest BCUT2D eigenvalue weighted by molar-refractivity contribution is 7.48. The van der Waals surface area contributed by atoms with Crippen LogP contribution in [0.1, 0.15) is 26.5 Å². The summed E-state index contributed by atoms with van der Waals surface area (Å²) in [5.41, 5.74) is 2.95. The fourth-order valence-corrected chi connectivity index (χ4v) is 4.78. The van der Waals surface area contributed by atoms with Crippen LogP contribution in [0.5, 0.6) is 0 Å². The number of nitrogen functional groups attached to an aromatic ring is 1. The zero-order chi connectivity index (χ0) is 19.4. The first-order valence-electron chi connectivity index (χ1n) is 8.39. The molecular weight excluding hydrogens is 384 g/mol. The first kappa shape index (κ1) is 18.5. The van der Waals surface area contributed by atoms with Crippen LogP contribution in [0, 0.1) is 0 Å². The van der Waals surface area contributed by atoms with Crippen LogP contribution >= 0.6 is 7.82 Å². The lowest BCUT2D eigenvalue weighted by Crippen LogP contribution is -2.44. The molecule has 27 heavy (non-hydrogen) atoms. The quantitative estimate of drug-likeness (QED) is 0.721. The van der Waals surface area contributed by atoms with Gasteiger partial charge in [-0.3, -0.25) is 27.9 Å². The molecular formula is C14H19FN5O6P. The highest BCUT2D eigenvalue weighted by Gasteiger charge is 2.61. The molecule has 0 unspecified atom stereocenters. The van der Waals surface area contributed by atoms with E-state index in [9.17, 15) is 9.36 Å². The molecule has 0 spiro atoms. The summed E-state index contributed by atoms with van der Waals surface area (Å²) in [4.78, 5) is 22.2. The van der Waals surface area contributed by atoms with Crippen LogP contribution in [0.3, 0.4) is 0 Å². The van der Waals surface area contributed by atoms with Crippen LogP contribution in [-0.4, -0.2) is 50.6 Å². The maximum Gasteiger partial charge on any atom is 0.475 e. The summed E-state index contributed by atoms with van der Waals surface area (Å²) in [6.45, 7) is 3.07. The second-order valence-electron chi connectivity index (χ2n) is 6.56. The first-order chi connectivity index (χ1) is 12.7. The summed E-state index contributed by atoms with van der Waals surface area (Å²) in [7, 11) is -3.88. The van der Waals surface area contributed by atoms with E-state index in [1.807, 2.05) is 6.92 Å². The average Bonchev–Trinajstić information content (AvgIpc) is 3.12. The number of alkyl halides is 1. The molecule has 0 saturated carbocycles. The highest BCUT2D eigenvalue weighted by Crippen LogP contribution is 2.59. The number of anilines is 1. The molecule has 4 rings (SSSR count). The third-order valence-electron chi connectivity index (χ3n) is 4.48. The Morgan fingerprint density at radius 3 is 3.11 bits per heavy atom. The number of imidazole rings is 1. The van der Waals surface area contributed by atoms with Gasteiger partial charge in [0.1, 0.15) is 12.2 Å². The number of aromatic amines is 1. The Kier molecular flexibility index (Phi) is 4.35. The fourth-order valence-electron chi connectivity index (χ4n) is 3.23. The topological polar surface area (TPSA) is 144 Å². The van der Waals surface area contributed by atoms with E-state index in [0.717, 1.165) is 0 Å². The van der Waals surface area contributed by atoms with Crippen LogP contribution in [0.25, 0.3) is 11.2 Å². The predicted octanol–water partition coefficient (Wildman–Crippen LogP) is 1.28. The zero-order valence-electron chi connectivity index (χ0n) is 14.6. The van der Waals surface area contributed by atoms with Crippen molar-refractivity contribution in [1.29, 1.82) is 0 Å². The normalized spacial score (nSPS) is 36.2. The average molecular weight is 403 g/mol. The van der Waals surface area contributed by atoms with Crippen molar-refractivity contribution >= 4 is 24.9 Å². The van der Waals surface area contributed by atoms with Gasteiger partial charge in [-0.25, -0.2) is 13.9 Å². The highest BCUT2D eigenvalue weighted by atomic mass is 31.2. The number of nitrogens with zero attached hydrogens (tertiary/aromatic N) is 3. The Bertz CT molecular complexity index is 977. The Hall–Kier alpha value is -1.85. The van der Waals surface area contributed by atoms with Crippen molar-refractivity contribution in [2.75, 3.05) is 18.9 Å². The molecule has 2 saturated heterocycles. The minimum Gasteiger partial charge on any atom is -0.369 e. The van der Waals surface area contributed by atoms with E-state index in [1.165, 1.54) is 17.8 Å². The van der Waals surface area contributed by atoms with Gasteiger partial charge in [-0.15, -0.1) is 0 Å². The summed E-state index contributed by atoms with van der Waals surface area (Å²) in [6, 6.07) is 0. The molecule has 0 aliphatic carbocycles. The minimum absolute atomic E-state index is 0.00686. The van der Waals surface area contributed by atoms with Crippen molar-refractivity contribution in [3.05, 3.63) is 16.7 Å². The summed E-state index contributed by atoms with van der Waals surface area (Å²) in [5.74, 6) is -0.137. The van der Waals surface area contributed by atoms with Crippen molar-refractivity contribution in [2.45, 2.75) is 44.4 Å². The number of ether oxygens (including phenoxy) is 1. The third kappa shape index (κ3) is 2.97. The molecule has 4 heterocycles. The standard InChI is InChI=1S/C14H19FN5O6P/c1-3-4-23-27(22)24-5-7-9(26-27)14(2,15)12(25-7)20-6-17-8-10(20)18-13(16)19-11(8)21/h6-7,9,12H,3-5H2,1-2H3,(H3,16,18,19,21)/t7-,9-,12-,14-,27+/m1/s1. The number of rotatable bonds is 4. The zero-order valence-corrected chi connectivity index (χ0v) is 15.5. The van der Waals surface area contributed by atoms with Gasteiger partial charge in [0.05, 0.1) is 19.5 Å². The van der Waals surface area contributed by atoms with Crippen molar-refractivity contribution in [2.24, 2.45) is 0 Å². The number of aromatic nitrogens is 4. The lowest BCUT2D eigenvalue weighted by atomic mass is 9.98. The molecule has 2 aromatic rings. The van der Waals surface area contributed by atoms with E-state index in [0.29, 0.717) is 6.42 Å². The Morgan fingerprint density at radius 1 is 1.59 bits per heavy atom. The van der Waals surface area contributed by atoms with Gasteiger partial charge in [0.2, 0.25) is 5.95 Å². The van der Waals surface area contributed by atoms with Gasteiger partial charge in [0, 0.05) is 0 Å². The number of halogens is 1. The van der Waals surface area contributed by atoms with E-state index in [1.54, 1.807) is 0 Å². The summed E-state index contributed by atoms with van der Waals surface area (Å²) >= 11 is 0. The molecule has 3 N–H and O–H groups in total. The number of hydrogen-bond donors (Lipinski definition) is 2. The smallest absolute Gasteiger partial charge is 0.369 e. The molecule has 2 fully saturated rings. The fraction of sp³-hybridized carbons (Fsp3) is 0.643. The molecule has 0 bridgehead atoms. The van der Waals surface area contributed by atoms with Gasteiger partial charge >= 0.3 is 7.82 Å². The molecule has 148 valence electrons. The lowest BCUT2D eigenvalue weighted by Gasteiger charge is -2.33. The van der Waals surface area contributed by atoms with Crippen molar-refractivity contribution in [3.63, 3.8) is 0 Å². The van der Waals surface area contributed by atoms with Gasteiger partial charge in [-0.05, 0) is 13.3 Å². The van der Waals surface area contributed by atoms with E-state index >= 15 is 4.39 Å². The number of phosphoric ester groups is 1. The summed E-state index contributed by atoms with van der Waals surface area (Å²) in [6.07, 6.45) is -1.43. The van der Waals surface area contributed by atoms with E-state index in [2.05, 4.69) is 15.0 Å². The van der Waals surface area contributed by atoms with Crippen molar-refractivity contribution in [3.8, 4) is 0 Å². The van der Waals surface area contributed by atoms with Gasteiger partial charge in [0.25, 0.3) is 5.56 Å². The molecule has 2 aromatic heterocycles. The SMILES string of the molecule is CCCO[P@@]1(=O)OC[C@H]2O[C@@H](n3cnc4c(=O)[nH]c(N)nc43)[C@](C)(F)[C@@H]2O1. The molecule has 5 atom stereocenters. The summed E-state index contributed by atoms with van der Waals surface area (Å²) in [5, 5.41) is 0. The molecule has 11 nitrogen and oxygen atoms in total. The maximum absolute atomic E-state index is 15.7. The van der Waals surface area contributed by atoms with E-state index in [4.69, 9.17) is 24.0 Å². The number of H-pyrrole nitrogens is 1. The first-order valence-corrected chi connectivity index (χ1v) is 9.85. The monoisotopic (exact) mass is 403 g/mol. The van der Waals surface area contributed by atoms with Crippen LogP contribution in [0.2, 0.25) is 0 Å². The predicted molar refractivity (Wildman–Crippen MR) is 90.7 cm³/mol. The Labute approximate surface area is 152 Å². The van der Waals surface area contributed by atoms with Gasteiger partial charge in [-0.1, -0.05) is 6.92 Å². The third-order valence-corrected chi connectivity index (χ3v) is 5.93. The largest absolute Gasteiger partial charge is 0.475 e. The van der Waals surface area contributed by atoms with E-state index < -0.39 is 37.5 Å². The van der Waals surface area contributed by atoms with Gasteiger partial charge < -0.3 is 10.5 Å². The maximum atomic E-state index is 15.7. The number of fused-ring (bicyclic) bond motifs is 2. The van der Waals surface area contributed by atoms with Crippen LogP contribution < -0.4 is 11.3 Å². The van der Waals surface area contributed by atoms with E-state index in [-0.39, 0.29) is 30.3 Å². The lowest BCUT2D eigenvalue weighted by molar-refractivity contribution is -0.0706. The van der Waals surface area contributed by atoms with Crippen molar-refractivity contribution < 1.29 is 27.3 Å². The summed E-state index contributed by atoms with van der Waals surface area (Å²) < 4.78 is 50.9. The van der Waals surface area contributed by atoms with Gasteiger partial charge in [-0.2, -0.15) is 4.98 Å². The second-order valence-corrected chi connectivity index (χ2v) is 8.18. The Morgan fingerprint density at radius 2 is 2.37 bits per heavy atom. The number of nitrogens with one attached hydrogen (secondary N) is 1. The molecule has 0 aromatic carbocycles. The molecule has 2 aliphatic rings. The van der Waals surface area contributed by atoms with Crippen LogP contribution in [0.15, 0.2) is 11.1 Å². The minimum atomic E-state index is -3.88. The van der Waals surface area contributed by atoms with Crippen molar-refractivity contribution in [1.82, 2.24) is 19.5 Å². The second kappa shape index (κ2) is 6.35. The molecule has 13 heteroatoms. The number of nitrogens with two attached hydrogens (primary N) is 1. The van der Waals surface area contributed by atoms with Crippen LogP contribution in [-0.2, 0) is 22.9 Å². The molecule has 0 amide bonds. The Balaban J connectivity index is 1.69. The number of phosphoric acid groups is 1. The number of hydrogen-bond acceptors (Lipinski definition) is 9. The molecule has 0 radical (unpaired) electrons. The molecule has 2 aliphatic heterocycles. The van der Waals surface area contributed by atoms with Gasteiger partial charge in [0.15, 0.2) is 23.1 Å².